The van der Waals surface area contributed by atoms with Crippen LogP contribution in [0.5, 0.6) is 0 Å². The van der Waals surface area contributed by atoms with Gasteiger partial charge in [-0.15, -0.1) is 0 Å². The Morgan fingerprint density at radius 3 is 1.86 bits per heavy atom. The van der Waals surface area contributed by atoms with Gasteiger partial charge >= 0.3 is 12.2 Å². The van der Waals surface area contributed by atoms with Gasteiger partial charge in [0.25, 0.3) is 0 Å². The van der Waals surface area contributed by atoms with Gasteiger partial charge in [-0.2, -0.15) is 0 Å². The van der Waals surface area contributed by atoms with Gasteiger partial charge in [0.15, 0.2) is 5.82 Å². The highest BCUT2D eigenvalue weighted by Gasteiger charge is 2.35. The monoisotopic (exact) mass is 660 g/mol. The number of aromatic amines is 2. The number of likely N-dealkylation sites (tertiary alicyclic amines) is 2. The summed E-state index contributed by atoms with van der Waals surface area (Å²) < 4.78 is 11.2. The summed E-state index contributed by atoms with van der Waals surface area (Å²) in [4.78, 5) is 54.4. The molecule has 0 saturated carbocycles. The summed E-state index contributed by atoms with van der Waals surface area (Å²) in [5.74, 6) is 2.08. The highest BCUT2D eigenvalue weighted by molar-refractivity contribution is 5.70. The summed E-state index contributed by atoms with van der Waals surface area (Å²) >= 11 is 0. The maximum absolute atomic E-state index is 12.9. The normalized spacial score (nSPS) is 17.8. The predicted octanol–water partition coefficient (Wildman–Crippen LogP) is 7.47. The average Bonchev–Trinajstić information content (AvgIpc) is 3.93. The van der Waals surface area contributed by atoms with E-state index in [0.717, 1.165) is 71.0 Å². The molecule has 2 fully saturated rings. The average molecular weight is 661 g/mol. The van der Waals surface area contributed by atoms with Crippen LogP contribution in [0, 0.1) is 0 Å². The molecule has 2 amide bonds. The number of imidazole rings is 2. The van der Waals surface area contributed by atoms with Crippen molar-refractivity contribution in [1.29, 1.82) is 0 Å². The molecule has 5 aromatic rings. The van der Waals surface area contributed by atoms with Crippen LogP contribution < -0.4 is 0 Å². The van der Waals surface area contributed by atoms with Gasteiger partial charge in [-0.3, -0.25) is 9.80 Å². The molecule has 49 heavy (non-hydrogen) atoms. The van der Waals surface area contributed by atoms with Crippen LogP contribution in [0.1, 0.15) is 75.8 Å². The molecule has 252 valence electrons. The van der Waals surface area contributed by atoms with E-state index in [4.69, 9.17) is 9.47 Å². The summed E-state index contributed by atoms with van der Waals surface area (Å²) in [7, 11) is 0. The van der Waals surface area contributed by atoms with E-state index >= 15 is 0 Å². The minimum Gasteiger partial charge on any atom is -0.445 e. The van der Waals surface area contributed by atoms with Crippen LogP contribution in [0.4, 0.5) is 9.59 Å². The number of aromatic nitrogens is 6. The molecular formula is C37H40N8O4. The van der Waals surface area contributed by atoms with Crippen molar-refractivity contribution >= 4 is 12.2 Å². The Labute approximate surface area is 284 Å². The second-order valence-corrected chi connectivity index (χ2v) is 13.5. The van der Waals surface area contributed by atoms with Crippen LogP contribution in [0.25, 0.3) is 33.9 Å². The molecule has 0 unspecified atom stereocenters. The van der Waals surface area contributed by atoms with E-state index in [1.165, 1.54) is 0 Å². The molecule has 2 aliphatic rings. The Balaban J connectivity index is 0.982. The molecule has 7 rings (SSSR count). The predicted molar refractivity (Wildman–Crippen MR) is 183 cm³/mol. The van der Waals surface area contributed by atoms with Crippen LogP contribution in [-0.4, -0.2) is 70.6 Å². The molecule has 0 bridgehead atoms. The summed E-state index contributed by atoms with van der Waals surface area (Å²) in [5.41, 5.74) is 4.70. The Morgan fingerprint density at radius 2 is 1.27 bits per heavy atom. The van der Waals surface area contributed by atoms with Gasteiger partial charge in [0.05, 0.1) is 35.9 Å². The first-order valence-corrected chi connectivity index (χ1v) is 16.7. The first-order valence-electron chi connectivity index (χ1n) is 16.7. The highest BCUT2D eigenvalue weighted by atomic mass is 16.6. The fourth-order valence-corrected chi connectivity index (χ4v) is 6.38. The molecule has 2 aliphatic heterocycles. The van der Waals surface area contributed by atoms with E-state index in [2.05, 4.69) is 29.9 Å². The summed E-state index contributed by atoms with van der Waals surface area (Å²) in [6.45, 7) is 7.12. The number of carbonyl (C=O) groups is 2. The fourth-order valence-electron chi connectivity index (χ4n) is 6.38. The van der Waals surface area contributed by atoms with Crippen molar-refractivity contribution in [1.82, 2.24) is 39.7 Å². The lowest BCUT2D eigenvalue weighted by atomic mass is 10.1. The van der Waals surface area contributed by atoms with Gasteiger partial charge in [0, 0.05) is 36.6 Å². The zero-order valence-electron chi connectivity index (χ0n) is 27.9. The second kappa shape index (κ2) is 13.5. The lowest BCUT2D eigenvalue weighted by molar-refractivity contribution is 0.0218. The smallest absolute Gasteiger partial charge is 0.410 e. The molecule has 2 atom stereocenters. The topological polar surface area (TPSA) is 142 Å². The zero-order valence-corrected chi connectivity index (χ0v) is 27.9. The minimum absolute atomic E-state index is 0.156. The maximum Gasteiger partial charge on any atom is 0.410 e. The molecule has 3 aromatic heterocycles. The lowest BCUT2D eigenvalue weighted by Crippen LogP contribution is -2.36. The number of hydrogen-bond donors (Lipinski definition) is 2. The first kappa shape index (κ1) is 32.0. The number of carbonyl (C=O) groups excluding carboxylic acids is 2. The van der Waals surface area contributed by atoms with E-state index in [9.17, 15) is 9.59 Å². The standard InChI is InChI=1S/C37H40N8O4/c1-37(2,3)49-36(47)45-18-8-12-31(45)34-41-22-29(43-34)27-19-38-32(39-20-27)26-15-13-25(14-16-26)28-21-40-33(42-28)30-11-7-17-44(30)35(46)48-23-24-9-5-4-6-10-24/h4-6,9-10,13-16,19-22,30-31H,7-8,11-12,17-18,23H2,1-3H3,(H,40,42)(H,41,43)/t30-,31-/m0/s1. The number of rotatable bonds is 7. The summed E-state index contributed by atoms with van der Waals surface area (Å²) in [5, 5.41) is 0. The highest BCUT2D eigenvalue weighted by Crippen LogP contribution is 2.34. The molecule has 0 spiro atoms. The van der Waals surface area contributed by atoms with E-state index < -0.39 is 5.60 Å². The third-order valence-corrected chi connectivity index (χ3v) is 8.81. The van der Waals surface area contributed by atoms with Crippen LogP contribution in [-0.2, 0) is 16.1 Å². The van der Waals surface area contributed by atoms with Crippen molar-refractivity contribution < 1.29 is 19.1 Å². The number of H-pyrrole nitrogens is 2. The van der Waals surface area contributed by atoms with Gasteiger partial charge in [-0.05, 0) is 57.6 Å². The molecule has 12 heteroatoms. The van der Waals surface area contributed by atoms with Crippen molar-refractivity contribution in [2.45, 2.75) is 70.7 Å². The first-order chi connectivity index (χ1) is 23.7. The second-order valence-electron chi connectivity index (χ2n) is 13.5. The van der Waals surface area contributed by atoms with Gasteiger partial charge in [0.1, 0.15) is 23.9 Å². The third kappa shape index (κ3) is 7.18. The van der Waals surface area contributed by atoms with E-state index in [-0.39, 0.29) is 30.9 Å². The van der Waals surface area contributed by atoms with Crippen molar-refractivity contribution in [2.75, 3.05) is 13.1 Å². The molecular weight excluding hydrogens is 620 g/mol. The SMILES string of the molecule is CC(C)(C)OC(=O)N1CCC[C@H]1c1ncc(-c2cnc(-c3ccc(-c4cnc([C@@H]5CCCN5C(=O)OCc5ccccc5)[nH]4)cc3)nc2)[nH]1. The number of nitrogens with zero attached hydrogens (tertiary/aromatic N) is 6. The molecule has 5 heterocycles. The molecule has 12 nitrogen and oxygen atoms in total. The Bertz CT molecular complexity index is 1900. The minimum atomic E-state index is -0.556. The maximum atomic E-state index is 12.9. The zero-order chi connectivity index (χ0) is 34.0. The molecule has 2 aromatic carbocycles. The van der Waals surface area contributed by atoms with Gasteiger partial charge < -0.3 is 19.4 Å². The Kier molecular flexibility index (Phi) is 8.85. The lowest BCUT2D eigenvalue weighted by Gasteiger charge is -2.27. The summed E-state index contributed by atoms with van der Waals surface area (Å²) in [6.07, 6.45) is 9.88. The summed E-state index contributed by atoms with van der Waals surface area (Å²) in [6, 6.07) is 17.3. The fraction of sp³-hybridized carbons (Fsp3) is 0.351. The Morgan fingerprint density at radius 1 is 0.714 bits per heavy atom. The number of benzene rings is 2. The molecule has 0 aliphatic carbocycles. The van der Waals surface area contributed by atoms with Crippen LogP contribution in [0.3, 0.4) is 0 Å². The van der Waals surface area contributed by atoms with Crippen molar-refractivity contribution in [2.24, 2.45) is 0 Å². The van der Waals surface area contributed by atoms with Crippen molar-refractivity contribution in [3.05, 3.63) is 96.6 Å². The van der Waals surface area contributed by atoms with E-state index in [1.807, 2.05) is 75.4 Å². The van der Waals surface area contributed by atoms with Crippen LogP contribution in [0.2, 0.25) is 0 Å². The quantitative estimate of drug-likeness (QED) is 0.183. The van der Waals surface area contributed by atoms with Gasteiger partial charge in [-0.1, -0.05) is 54.6 Å². The number of nitrogens with one attached hydrogen (secondary N) is 2. The third-order valence-electron chi connectivity index (χ3n) is 8.81. The number of ether oxygens (including phenoxy) is 2. The van der Waals surface area contributed by atoms with Crippen LogP contribution in [0.15, 0.2) is 79.4 Å². The van der Waals surface area contributed by atoms with Crippen molar-refractivity contribution in [3.8, 4) is 33.9 Å². The number of amides is 2. The van der Waals surface area contributed by atoms with E-state index in [0.29, 0.717) is 18.9 Å². The van der Waals surface area contributed by atoms with Gasteiger partial charge in [0.2, 0.25) is 0 Å². The van der Waals surface area contributed by atoms with Crippen molar-refractivity contribution in [3.63, 3.8) is 0 Å². The molecule has 2 saturated heterocycles. The number of hydrogen-bond acceptors (Lipinski definition) is 8. The Hall–Kier alpha value is -5.52. The molecule has 2 N–H and O–H groups in total. The van der Waals surface area contributed by atoms with E-state index in [1.54, 1.807) is 34.6 Å². The largest absolute Gasteiger partial charge is 0.445 e. The van der Waals surface area contributed by atoms with Crippen LogP contribution >= 0.6 is 0 Å². The van der Waals surface area contributed by atoms with Gasteiger partial charge in [-0.25, -0.2) is 29.5 Å². The molecule has 0 radical (unpaired) electrons.